The molecule has 0 aliphatic heterocycles. The van der Waals surface area contributed by atoms with E-state index in [0.717, 1.165) is 64.2 Å². The molecule has 5 aliphatic rings. The van der Waals surface area contributed by atoms with E-state index in [0.29, 0.717) is 24.9 Å². The molecule has 0 heterocycles. The van der Waals surface area contributed by atoms with Crippen molar-refractivity contribution in [2.75, 3.05) is 6.61 Å². The molecular weight excluding hydrogens is 580 g/mol. The van der Waals surface area contributed by atoms with Crippen LogP contribution in [0.1, 0.15) is 144 Å². The number of carbonyl (C=O) groups is 2. The van der Waals surface area contributed by atoms with Crippen LogP contribution in [0.4, 0.5) is 0 Å². The number of carbonyl (C=O) groups excluding carboxylic acids is 2. The lowest BCUT2D eigenvalue weighted by atomic mass is 9.33. The van der Waals surface area contributed by atoms with Gasteiger partial charge in [-0.05, 0) is 122 Å². The fourth-order valence-electron chi connectivity index (χ4n) is 12.3. The van der Waals surface area contributed by atoms with Crippen LogP contribution < -0.4 is 0 Å². The Kier molecular flexibility index (Phi) is 9.23. The summed E-state index contributed by atoms with van der Waals surface area (Å²) in [6.45, 7) is 20.3. The Balaban J connectivity index is 1.26. The highest BCUT2D eigenvalue weighted by Gasteiger charge is 2.70. The quantitative estimate of drug-likeness (QED) is 0.198. The zero-order valence-corrected chi connectivity index (χ0v) is 31.0. The van der Waals surface area contributed by atoms with Crippen LogP contribution in [-0.4, -0.2) is 24.5 Å². The summed E-state index contributed by atoms with van der Waals surface area (Å²) in [5, 5.41) is 0. The van der Waals surface area contributed by atoms with Gasteiger partial charge in [-0.1, -0.05) is 104 Å². The van der Waals surface area contributed by atoms with Crippen LogP contribution in [0.25, 0.3) is 0 Å². The van der Waals surface area contributed by atoms with E-state index in [4.69, 9.17) is 9.47 Å². The van der Waals surface area contributed by atoms with Gasteiger partial charge in [0.25, 0.3) is 0 Å². The van der Waals surface area contributed by atoms with Crippen molar-refractivity contribution in [3.8, 4) is 0 Å². The number of esters is 1. The fraction of sp³-hybridized carbons (Fsp3) is 0.767. The minimum absolute atomic E-state index is 0.0124. The molecule has 4 saturated carbocycles. The first kappa shape index (κ1) is 34.9. The van der Waals surface area contributed by atoms with Crippen molar-refractivity contribution in [1.82, 2.24) is 0 Å². The Bertz CT molecular complexity index is 1360. The summed E-state index contributed by atoms with van der Waals surface area (Å²) in [6, 6.07) is 10.5. The zero-order valence-electron chi connectivity index (χ0n) is 31.0. The molecule has 1 aromatic rings. The van der Waals surface area contributed by atoms with Gasteiger partial charge in [0.1, 0.15) is 0 Å². The van der Waals surface area contributed by atoms with Gasteiger partial charge in [0, 0.05) is 5.92 Å². The van der Waals surface area contributed by atoms with Crippen LogP contribution in [0.5, 0.6) is 0 Å². The number of benzene rings is 1. The van der Waals surface area contributed by atoms with Gasteiger partial charge in [-0.15, -0.1) is 0 Å². The molecule has 260 valence electrons. The van der Waals surface area contributed by atoms with Crippen LogP contribution in [0.3, 0.4) is 0 Å². The zero-order chi connectivity index (χ0) is 33.9. The Labute approximate surface area is 286 Å². The maximum Gasteiger partial charge on any atom is 0.311 e. The normalized spacial score (nSPS) is 42.3. The molecule has 0 N–H and O–H groups in total. The number of ether oxygens (including phenoxy) is 2. The topological polar surface area (TPSA) is 52.6 Å². The number of fused-ring (bicyclic) bond motifs is 7. The van der Waals surface area contributed by atoms with E-state index in [-0.39, 0.29) is 51.0 Å². The molecule has 4 fully saturated rings. The lowest BCUT2D eigenvalue weighted by molar-refractivity contribution is -0.211. The van der Waals surface area contributed by atoms with Crippen molar-refractivity contribution >= 4 is 11.8 Å². The smallest absolute Gasteiger partial charge is 0.311 e. The number of hydrogen-bond donors (Lipinski definition) is 0. The van der Waals surface area contributed by atoms with E-state index in [9.17, 15) is 9.59 Å². The summed E-state index contributed by atoms with van der Waals surface area (Å²) in [5.41, 5.74) is 2.03. The number of rotatable bonds is 9. The predicted molar refractivity (Wildman–Crippen MR) is 190 cm³/mol. The Morgan fingerprint density at radius 3 is 2.30 bits per heavy atom. The molecule has 1 aromatic carbocycles. The van der Waals surface area contributed by atoms with Gasteiger partial charge in [-0.25, -0.2) is 0 Å². The molecule has 0 spiro atoms. The van der Waals surface area contributed by atoms with E-state index in [1.807, 2.05) is 0 Å². The van der Waals surface area contributed by atoms with E-state index in [2.05, 4.69) is 91.8 Å². The average molecular weight is 645 g/mol. The van der Waals surface area contributed by atoms with Crippen LogP contribution >= 0.6 is 0 Å². The first-order chi connectivity index (χ1) is 22.1. The monoisotopic (exact) mass is 644 g/mol. The molecular formula is C43H64O4. The molecule has 2 unspecified atom stereocenters. The average Bonchev–Trinajstić information content (AvgIpc) is 3.02. The Morgan fingerprint density at radius 2 is 1.57 bits per heavy atom. The van der Waals surface area contributed by atoms with Gasteiger partial charge in [-0.2, -0.15) is 0 Å². The molecule has 0 saturated heterocycles. The van der Waals surface area contributed by atoms with Crippen LogP contribution in [-0.2, 0) is 25.7 Å². The number of ketones is 1. The third kappa shape index (κ3) is 5.59. The van der Waals surface area contributed by atoms with Crippen molar-refractivity contribution in [2.24, 2.45) is 50.2 Å². The number of hydrogen-bond acceptors (Lipinski definition) is 4. The lowest BCUT2D eigenvalue weighted by Gasteiger charge is -2.70. The first-order valence-corrected chi connectivity index (χ1v) is 19.2. The van der Waals surface area contributed by atoms with Crippen LogP contribution in [0.15, 0.2) is 42.0 Å². The summed E-state index contributed by atoms with van der Waals surface area (Å²) in [4.78, 5) is 28.4. The molecule has 0 amide bonds. The maximum absolute atomic E-state index is 14.8. The van der Waals surface area contributed by atoms with Crippen molar-refractivity contribution in [1.29, 1.82) is 0 Å². The lowest BCUT2D eigenvalue weighted by Crippen LogP contribution is -2.66. The van der Waals surface area contributed by atoms with E-state index >= 15 is 0 Å². The molecule has 0 bridgehead atoms. The molecule has 9 atom stereocenters. The second kappa shape index (κ2) is 12.4. The first-order valence-electron chi connectivity index (χ1n) is 19.2. The third-order valence-corrected chi connectivity index (χ3v) is 15.5. The summed E-state index contributed by atoms with van der Waals surface area (Å²) >= 11 is 0. The van der Waals surface area contributed by atoms with Crippen molar-refractivity contribution in [2.45, 2.75) is 152 Å². The fourth-order valence-corrected chi connectivity index (χ4v) is 12.3. The highest BCUT2D eigenvalue weighted by Crippen LogP contribution is 2.75. The second-order valence-corrected chi connectivity index (χ2v) is 18.6. The van der Waals surface area contributed by atoms with Crippen molar-refractivity contribution in [3.63, 3.8) is 0 Å². The van der Waals surface area contributed by atoms with Gasteiger partial charge in [0.2, 0.25) is 0 Å². The summed E-state index contributed by atoms with van der Waals surface area (Å²) in [7, 11) is 0. The SMILES string of the molecule is CCCCCCOC(=O)[C@@]1(C)CC[C@]2(C)CC[C@]3(C)C(=CC(=O)C4[C@@]5(C)CC[C@H](OCc6ccccc6)C(C)(C)C5CC[C@]43C)[C@H]2C1. The Hall–Kier alpha value is -1.94. The highest BCUT2D eigenvalue weighted by atomic mass is 16.5. The van der Waals surface area contributed by atoms with E-state index < -0.39 is 5.41 Å². The van der Waals surface area contributed by atoms with Crippen molar-refractivity contribution < 1.29 is 19.1 Å². The van der Waals surface area contributed by atoms with Gasteiger partial charge in [-0.3, -0.25) is 9.59 Å². The van der Waals surface area contributed by atoms with E-state index in [1.54, 1.807) is 0 Å². The number of unbranched alkanes of at least 4 members (excludes halogenated alkanes) is 3. The van der Waals surface area contributed by atoms with Crippen LogP contribution in [0, 0.1) is 50.2 Å². The molecule has 0 radical (unpaired) electrons. The summed E-state index contributed by atoms with van der Waals surface area (Å²) < 4.78 is 12.6. The summed E-state index contributed by atoms with van der Waals surface area (Å²) in [6.07, 6.45) is 16.0. The third-order valence-electron chi connectivity index (χ3n) is 15.5. The molecule has 5 aliphatic carbocycles. The van der Waals surface area contributed by atoms with Gasteiger partial charge in [0.15, 0.2) is 5.78 Å². The van der Waals surface area contributed by atoms with Crippen LogP contribution in [0.2, 0.25) is 0 Å². The molecule has 4 nitrogen and oxygen atoms in total. The molecule has 6 rings (SSSR count). The largest absolute Gasteiger partial charge is 0.465 e. The van der Waals surface area contributed by atoms with Gasteiger partial charge >= 0.3 is 5.97 Å². The minimum Gasteiger partial charge on any atom is -0.465 e. The predicted octanol–water partition coefficient (Wildman–Crippen LogP) is 10.7. The summed E-state index contributed by atoms with van der Waals surface area (Å²) in [5.74, 6) is 1.05. The Morgan fingerprint density at radius 1 is 0.851 bits per heavy atom. The van der Waals surface area contributed by atoms with Gasteiger partial charge < -0.3 is 9.47 Å². The van der Waals surface area contributed by atoms with E-state index in [1.165, 1.54) is 30.4 Å². The van der Waals surface area contributed by atoms with Gasteiger partial charge in [0.05, 0.1) is 24.7 Å². The molecule has 4 heteroatoms. The molecule has 47 heavy (non-hydrogen) atoms. The highest BCUT2D eigenvalue weighted by molar-refractivity contribution is 5.95. The number of allylic oxidation sites excluding steroid dienone is 2. The standard InChI is InChI=1S/C43H64O4/c1-9-10-11-15-26-46-37(45)40(5)23-22-39(4)24-25-42(7)31(32(39)28-40)27-33(44)36-41(6)20-19-35(47-29-30-16-13-12-14-17-30)38(2,3)34(41)18-21-43(36,42)8/h12-14,16-17,27,32,34-36H,9-11,15,18-26,28-29H2,1-8H3/t32-,34?,35+,36?,39-,40+,41+,42-,43-/m1/s1. The molecule has 0 aromatic heterocycles. The minimum atomic E-state index is -0.485. The second-order valence-electron chi connectivity index (χ2n) is 18.6. The maximum atomic E-state index is 14.8. The van der Waals surface area contributed by atoms with Crippen molar-refractivity contribution in [3.05, 3.63) is 47.5 Å².